The lowest BCUT2D eigenvalue weighted by Gasteiger charge is -2.21. The van der Waals surface area contributed by atoms with Gasteiger partial charge in [0.15, 0.2) is 27.3 Å². The van der Waals surface area contributed by atoms with Crippen molar-refractivity contribution in [2.24, 2.45) is 4.99 Å². The molecule has 1 rings (SSSR count). The summed E-state index contributed by atoms with van der Waals surface area (Å²) in [5, 5.41) is 6.42. The number of nitrogens with one attached hydrogen (secondary N) is 2. The minimum absolute atomic E-state index is 0.206. The van der Waals surface area contributed by atoms with Crippen molar-refractivity contribution < 1.29 is 17.9 Å². The zero-order valence-electron chi connectivity index (χ0n) is 18.0. The van der Waals surface area contributed by atoms with Crippen LogP contribution in [0.1, 0.15) is 39.7 Å². The molecule has 0 saturated heterocycles. The SMILES string of the molecule is CCNC(=NCC(C)(C)S(C)(=O)=O)NCCCc1ccc(OC)c(OCC)c1. The number of rotatable bonds is 11. The first-order valence-electron chi connectivity index (χ1n) is 9.66. The fourth-order valence-corrected chi connectivity index (χ4v) is 2.67. The number of hydrogen-bond donors (Lipinski definition) is 2. The maximum atomic E-state index is 11.8. The van der Waals surface area contributed by atoms with E-state index < -0.39 is 14.6 Å². The van der Waals surface area contributed by atoms with Crippen molar-refractivity contribution in [3.8, 4) is 11.5 Å². The molecule has 1 aromatic rings. The Labute approximate surface area is 169 Å². The van der Waals surface area contributed by atoms with Gasteiger partial charge in [-0.3, -0.25) is 4.99 Å². The van der Waals surface area contributed by atoms with Crippen LogP contribution in [0.4, 0.5) is 0 Å². The summed E-state index contributed by atoms with van der Waals surface area (Å²) in [6.45, 7) is 9.53. The molecule has 160 valence electrons. The zero-order valence-corrected chi connectivity index (χ0v) is 18.8. The van der Waals surface area contributed by atoms with Gasteiger partial charge in [0.2, 0.25) is 0 Å². The zero-order chi connectivity index (χ0) is 21.2. The van der Waals surface area contributed by atoms with Crippen molar-refractivity contribution in [1.29, 1.82) is 0 Å². The predicted octanol–water partition coefficient (Wildman–Crippen LogP) is 2.40. The molecule has 0 bridgehead atoms. The fraction of sp³-hybridized carbons (Fsp3) is 0.650. The van der Waals surface area contributed by atoms with Crippen LogP contribution in [0.2, 0.25) is 0 Å². The molecule has 0 unspecified atom stereocenters. The van der Waals surface area contributed by atoms with Crippen LogP contribution >= 0.6 is 0 Å². The largest absolute Gasteiger partial charge is 0.493 e. The molecule has 0 radical (unpaired) electrons. The van der Waals surface area contributed by atoms with E-state index >= 15 is 0 Å². The third-order valence-corrected chi connectivity index (χ3v) is 6.57. The maximum absolute atomic E-state index is 11.8. The van der Waals surface area contributed by atoms with Gasteiger partial charge < -0.3 is 20.1 Å². The molecular weight excluding hydrogens is 378 g/mol. The van der Waals surface area contributed by atoms with Crippen molar-refractivity contribution in [2.75, 3.05) is 39.6 Å². The third-order valence-electron chi connectivity index (χ3n) is 4.43. The number of sulfone groups is 1. The van der Waals surface area contributed by atoms with Crippen LogP contribution in [-0.2, 0) is 16.3 Å². The quantitative estimate of drug-likeness (QED) is 0.329. The summed E-state index contributed by atoms with van der Waals surface area (Å²) in [6.07, 6.45) is 3.03. The van der Waals surface area contributed by atoms with Gasteiger partial charge in [0, 0.05) is 19.3 Å². The maximum Gasteiger partial charge on any atom is 0.191 e. The standard InChI is InChI=1S/C20H35N3O4S/c1-7-21-19(23-15-20(3,4)28(6,24)25)22-13-9-10-16-11-12-17(26-5)18(14-16)27-8-2/h11-12,14H,7-10,13,15H2,1-6H3,(H2,21,22,23). The number of guanidine groups is 1. The molecule has 0 heterocycles. The van der Waals surface area contributed by atoms with E-state index in [2.05, 4.69) is 15.6 Å². The molecular formula is C20H35N3O4S. The molecule has 28 heavy (non-hydrogen) atoms. The van der Waals surface area contributed by atoms with E-state index in [4.69, 9.17) is 9.47 Å². The van der Waals surface area contributed by atoms with E-state index in [1.807, 2.05) is 32.0 Å². The highest BCUT2D eigenvalue weighted by atomic mass is 32.2. The van der Waals surface area contributed by atoms with Crippen molar-refractivity contribution >= 4 is 15.8 Å². The predicted molar refractivity (Wildman–Crippen MR) is 115 cm³/mol. The van der Waals surface area contributed by atoms with Crippen molar-refractivity contribution in [3.63, 3.8) is 0 Å². The smallest absolute Gasteiger partial charge is 0.191 e. The van der Waals surface area contributed by atoms with Crippen molar-refractivity contribution in [1.82, 2.24) is 10.6 Å². The van der Waals surface area contributed by atoms with Gasteiger partial charge in [0.05, 0.1) is 25.0 Å². The minimum Gasteiger partial charge on any atom is -0.493 e. The Hall–Kier alpha value is -1.96. The van der Waals surface area contributed by atoms with Gasteiger partial charge in [-0.1, -0.05) is 6.07 Å². The average molecular weight is 414 g/mol. The molecule has 0 aliphatic carbocycles. The number of methoxy groups -OCH3 is 1. The Kier molecular flexibility index (Phi) is 9.58. The van der Waals surface area contributed by atoms with Gasteiger partial charge in [0.25, 0.3) is 0 Å². The van der Waals surface area contributed by atoms with E-state index in [0.29, 0.717) is 19.1 Å². The van der Waals surface area contributed by atoms with E-state index in [1.165, 1.54) is 11.8 Å². The number of ether oxygens (including phenoxy) is 2. The molecule has 0 saturated carbocycles. The van der Waals surface area contributed by atoms with Crippen LogP contribution in [0.25, 0.3) is 0 Å². The molecule has 1 aromatic carbocycles. The number of aryl methyl sites for hydroxylation is 1. The van der Waals surface area contributed by atoms with Crippen LogP contribution in [0, 0.1) is 0 Å². The molecule has 0 atom stereocenters. The molecule has 0 aliphatic heterocycles. The number of hydrogen-bond acceptors (Lipinski definition) is 5. The third kappa shape index (κ3) is 7.58. The monoisotopic (exact) mass is 413 g/mol. The normalized spacial score (nSPS) is 12.6. The Morgan fingerprint density at radius 2 is 1.89 bits per heavy atom. The van der Waals surface area contributed by atoms with Gasteiger partial charge >= 0.3 is 0 Å². The summed E-state index contributed by atoms with van der Waals surface area (Å²) in [7, 11) is -1.54. The van der Waals surface area contributed by atoms with Crippen LogP contribution < -0.4 is 20.1 Å². The van der Waals surface area contributed by atoms with Crippen molar-refractivity contribution in [3.05, 3.63) is 23.8 Å². The molecule has 0 aliphatic rings. The number of nitrogens with zero attached hydrogens (tertiary/aromatic N) is 1. The topological polar surface area (TPSA) is 89.0 Å². The molecule has 2 N–H and O–H groups in total. The van der Waals surface area contributed by atoms with Gasteiger partial charge in [0.1, 0.15) is 0 Å². The van der Waals surface area contributed by atoms with Crippen LogP contribution in [0.15, 0.2) is 23.2 Å². The van der Waals surface area contributed by atoms with Gasteiger partial charge in [-0.2, -0.15) is 0 Å². The highest BCUT2D eigenvalue weighted by Crippen LogP contribution is 2.28. The summed E-state index contributed by atoms with van der Waals surface area (Å²) in [5.74, 6) is 2.12. The molecule has 8 heteroatoms. The van der Waals surface area contributed by atoms with Crippen LogP contribution in [-0.4, -0.2) is 58.7 Å². The van der Waals surface area contributed by atoms with E-state index in [0.717, 1.165) is 30.9 Å². The minimum atomic E-state index is -3.17. The highest BCUT2D eigenvalue weighted by Gasteiger charge is 2.29. The van der Waals surface area contributed by atoms with E-state index in [1.54, 1.807) is 21.0 Å². The molecule has 0 spiro atoms. The Morgan fingerprint density at radius 1 is 1.18 bits per heavy atom. The molecule has 0 amide bonds. The van der Waals surface area contributed by atoms with E-state index in [9.17, 15) is 8.42 Å². The first-order valence-corrected chi connectivity index (χ1v) is 11.5. The molecule has 7 nitrogen and oxygen atoms in total. The first kappa shape index (κ1) is 24.1. The van der Waals surface area contributed by atoms with Crippen LogP contribution in [0.3, 0.4) is 0 Å². The van der Waals surface area contributed by atoms with Crippen LogP contribution in [0.5, 0.6) is 11.5 Å². The second kappa shape index (κ2) is 11.1. The fourth-order valence-electron chi connectivity index (χ4n) is 2.37. The lowest BCUT2D eigenvalue weighted by atomic mass is 10.1. The summed E-state index contributed by atoms with van der Waals surface area (Å²) >= 11 is 0. The van der Waals surface area contributed by atoms with E-state index in [-0.39, 0.29) is 6.54 Å². The average Bonchev–Trinajstić information content (AvgIpc) is 2.62. The second-order valence-corrected chi connectivity index (χ2v) is 9.83. The van der Waals surface area contributed by atoms with Gasteiger partial charge in [-0.05, 0) is 58.2 Å². The van der Waals surface area contributed by atoms with Crippen molar-refractivity contribution in [2.45, 2.75) is 45.3 Å². The van der Waals surface area contributed by atoms with Gasteiger partial charge in [-0.25, -0.2) is 8.42 Å². The molecule has 0 aromatic heterocycles. The Morgan fingerprint density at radius 3 is 2.46 bits per heavy atom. The Balaban J connectivity index is 2.62. The summed E-state index contributed by atoms with van der Waals surface area (Å²) in [4.78, 5) is 4.44. The highest BCUT2D eigenvalue weighted by molar-refractivity contribution is 7.92. The summed E-state index contributed by atoms with van der Waals surface area (Å²) in [5.41, 5.74) is 1.17. The lowest BCUT2D eigenvalue weighted by Crippen LogP contribution is -2.41. The summed E-state index contributed by atoms with van der Waals surface area (Å²) in [6, 6.07) is 5.97. The number of benzene rings is 1. The molecule has 0 fully saturated rings. The second-order valence-electron chi connectivity index (χ2n) is 7.18. The number of aliphatic imine (C=N–C) groups is 1. The lowest BCUT2D eigenvalue weighted by molar-refractivity contribution is 0.310. The Bertz CT molecular complexity index is 746. The first-order chi connectivity index (χ1) is 13.1. The summed E-state index contributed by atoms with van der Waals surface area (Å²) < 4.78 is 33.7. The van der Waals surface area contributed by atoms with Gasteiger partial charge in [-0.15, -0.1) is 0 Å².